The number of non-ortho nitro benzene ring substituents is 1. The Morgan fingerprint density at radius 2 is 1.90 bits per heavy atom. The summed E-state index contributed by atoms with van der Waals surface area (Å²) in [5.74, 6) is 2.34. The second-order valence-electron chi connectivity index (χ2n) is 6.77. The SMILES string of the molecule is C#Cc1cc([N+](=O)[O-])cc(S(=O)(=O)N2CCOCC2)c1N(CCC)CCOS(C)(=O)=O. The quantitative estimate of drug-likeness (QED) is 0.208. The normalized spacial score (nSPS) is 15.4. The van der Waals surface area contributed by atoms with E-state index >= 15 is 0 Å². The summed E-state index contributed by atoms with van der Waals surface area (Å²) < 4.78 is 60.7. The lowest BCUT2D eigenvalue weighted by molar-refractivity contribution is -0.385. The number of nitro groups is 1. The van der Waals surface area contributed by atoms with Crippen molar-refractivity contribution in [2.24, 2.45) is 0 Å². The van der Waals surface area contributed by atoms with Crippen molar-refractivity contribution in [1.82, 2.24) is 4.31 Å². The molecule has 1 aliphatic rings. The largest absolute Gasteiger partial charge is 0.379 e. The second kappa shape index (κ2) is 10.4. The zero-order valence-corrected chi connectivity index (χ0v) is 18.9. The summed E-state index contributed by atoms with van der Waals surface area (Å²) in [6.07, 6.45) is 7.07. The minimum atomic E-state index is -4.15. The average Bonchev–Trinajstić information content (AvgIpc) is 2.71. The van der Waals surface area contributed by atoms with Crippen molar-refractivity contribution in [2.45, 2.75) is 18.2 Å². The second-order valence-corrected chi connectivity index (χ2v) is 10.3. The molecule has 0 spiro atoms. The van der Waals surface area contributed by atoms with Gasteiger partial charge in [0.15, 0.2) is 0 Å². The molecule has 1 aliphatic heterocycles. The number of hydrogen-bond acceptors (Lipinski definition) is 9. The van der Waals surface area contributed by atoms with Crippen molar-refractivity contribution in [1.29, 1.82) is 0 Å². The number of ether oxygens (including phenoxy) is 1. The molecular formula is C18H25N3O8S2. The first-order valence-electron chi connectivity index (χ1n) is 9.47. The number of nitrogens with zero attached hydrogens (tertiary/aromatic N) is 3. The minimum Gasteiger partial charge on any atom is -0.379 e. The van der Waals surface area contributed by atoms with Crippen LogP contribution in [0.1, 0.15) is 18.9 Å². The van der Waals surface area contributed by atoms with Crippen LogP contribution in [0.4, 0.5) is 11.4 Å². The molecule has 13 heteroatoms. The fraction of sp³-hybridized carbons (Fsp3) is 0.556. The molecule has 1 saturated heterocycles. The molecule has 0 aliphatic carbocycles. The van der Waals surface area contributed by atoms with E-state index in [4.69, 9.17) is 15.3 Å². The van der Waals surface area contributed by atoms with E-state index in [0.29, 0.717) is 13.0 Å². The van der Waals surface area contributed by atoms with Gasteiger partial charge >= 0.3 is 0 Å². The van der Waals surface area contributed by atoms with Crippen LogP contribution in [0, 0.1) is 22.5 Å². The van der Waals surface area contributed by atoms with Crippen LogP contribution < -0.4 is 4.90 Å². The number of rotatable bonds is 10. The third-order valence-corrected chi connectivity index (χ3v) is 6.99. The summed E-state index contributed by atoms with van der Waals surface area (Å²) in [5.41, 5.74) is -0.320. The first kappa shape index (κ1) is 25.0. The lowest BCUT2D eigenvalue weighted by atomic mass is 10.1. The molecule has 11 nitrogen and oxygen atoms in total. The molecule has 172 valence electrons. The van der Waals surface area contributed by atoms with Gasteiger partial charge < -0.3 is 9.64 Å². The Balaban J connectivity index is 2.64. The van der Waals surface area contributed by atoms with Crippen LogP contribution in [-0.4, -0.2) is 78.3 Å². The molecule has 0 radical (unpaired) electrons. The average molecular weight is 476 g/mol. The minimum absolute atomic E-state index is 0.0129. The van der Waals surface area contributed by atoms with Gasteiger partial charge in [0.1, 0.15) is 4.90 Å². The number of morpholine rings is 1. The highest BCUT2D eigenvalue weighted by molar-refractivity contribution is 7.89. The van der Waals surface area contributed by atoms with Gasteiger partial charge in [-0.15, -0.1) is 6.42 Å². The fourth-order valence-corrected chi connectivity index (χ4v) is 5.20. The highest BCUT2D eigenvalue weighted by atomic mass is 32.2. The van der Waals surface area contributed by atoms with Gasteiger partial charge in [0.25, 0.3) is 15.8 Å². The van der Waals surface area contributed by atoms with E-state index in [1.54, 1.807) is 4.90 Å². The predicted molar refractivity (Wildman–Crippen MR) is 114 cm³/mol. The van der Waals surface area contributed by atoms with Crippen LogP contribution in [0.5, 0.6) is 0 Å². The summed E-state index contributed by atoms with van der Waals surface area (Å²) in [5, 5.41) is 11.4. The van der Waals surface area contributed by atoms with Crippen LogP contribution in [0.2, 0.25) is 0 Å². The molecule has 1 aromatic rings. The van der Waals surface area contributed by atoms with E-state index in [0.717, 1.165) is 18.4 Å². The van der Waals surface area contributed by atoms with E-state index in [9.17, 15) is 26.9 Å². The molecule has 1 aromatic carbocycles. The fourth-order valence-electron chi connectivity index (χ4n) is 3.16. The number of hydrogen-bond donors (Lipinski definition) is 0. The predicted octanol–water partition coefficient (Wildman–Crippen LogP) is 0.790. The molecule has 1 heterocycles. The zero-order chi connectivity index (χ0) is 23.2. The summed E-state index contributed by atoms with van der Waals surface area (Å²) in [6, 6.07) is 2.12. The standard InChI is InChI=1S/C18H25N3O8S2/c1-4-6-19(7-12-29-30(3,24)25)18-15(5-2)13-16(21(22)23)14-17(18)31(26,27)20-8-10-28-11-9-20/h2,13-14H,4,6-12H2,1,3H3. The van der Waals surface area contributed by atoms with Gasteiger partial charge in [0.2, 0.25) is 10.0 Å². The van der Waals surface area contributed by atoms with Crippen LogP contribution in [0.3, 0.4) is 0 Å². The van der Waals surface area contributed by atoms with Gasteiger partial charge in [-0.05, 0) is 6.42 Å². The maximum absolute atomic E-state index is 13.4. The highest BCUT2D eigenvalue weighted by Gasteiger charge is 2.33. The molecule has 0 amide bonds. The van der Waals surface area contributed by atoms with Gasteiger partial charge in [0.05, 0.1) is 42.3 Å². The van der Waals surface area contributed by atoms with Crippen molar-refractivity contribution >= 4 is 31.5 Å². The van der Waals surface area contributed by atoms with E-state index in [1.165, 1.54) is 4.31 Å². The summed E-state index contributed by atoms with van der Waals surface area (Å²) in [4.78, 5) is 12.0. The Hall–Kier alpha value is -2.24. The smallest absolute Gasteiger partial charge is 0.272 e. The number of benzene rings is 1. The van der Waals surface area contributed by atoms with E-state index in [-0.39, 0.29) is 55.6 Å². The van der Waals surface area contributed by atoms with E-state index < -0.39 is 30.8 Å². The number of anilines is 1. The lowest BCUT2D eigenvalue weighted by Gasteiger charge is -2.31. The molecule has 31 heavy (non-hydrogen) atoms. The molecule has 0 N–H and O–H groups in total. The van der Waals surface area contributed by atoms with Crippen molar-refractivity contribution in [3.05, 3.63) is 27.8 Å². The summed E-state index contributed by atoms with van der Waals surface area (Å²) in [7, 11) is -7.85. The van der Waals surface area contributed by atoms with Crippen molar-refractivity contribution < 1.29 is 30.7 Å². The Morgan fingerprint density at radius 1 is 1.26 bits per heavy atom. The zero-order valence-electron chi connectivity index (χ0n) is 17.3. The third-order valence-electron chi connectivity index (χ3n) is 4.48. The molecular weight excluding hydrogens is 450 g/mol. The molecule has 0 unspecified atom stereocenters. The monoisotopic (exact) mass is 475 g/mol. The molecule has 2 rings (SSSR count). The lowest BCUT2D eigenvalue weighted by Crippen LogP contribution is -2.41. The van der Waals surface area contributed by atoms with Crippen LogP contribution >= 0.6 is 0 Å². The third kappa shape index (κ3) is 6.37. The number of sulfonamides is 1. The van der Waals surface area contributed by atoms with Gasteiger partial charge in [-0.25, -0.2) is 8.42 Å². The van der Waals surface area contributed by atoms with Crippen LogP contribution in [0.15, 0.2) is 17.0 Å². The molecule has 1 fully saturated rings. The van der Waals surface area contributed by atoms with Gasteiger partial charge in [-0.1, -0.05) is 12.8 Å². The summed E-state index contributed by atoms with van der Waals surface area (Å²) >= 11 is 0. The molecule has 0 saturated carbocycles. The first-order valence-corrected chi connectivity index (χ1v) is 12.7. The Morgan fingerprint density at radius 3 is 2.42 bits per heavy atom. The van der Waals surface area contributed by atoms with Crippen molar-refractivity contribution in [3.8, 4) is 12.3 Å². The van der Waals surface area contributed by atoms with Gasteiger partial charge in [-0.3, -0.25) is 14.3 Å². The maximum Gasteiger partial charge on any atom is 0.272 e. The molecule has 0 atom stereocenters. The van der Waals surface area contributed by atoms with E-state index in [1.807, 2.05) is 6.92 Å². The molecule has 0 bridgehead atoms. The Labute approximate surface area is 182 Å². The van der Waals surface area contributed by atoms with Crippen LogP contribution in [0.25, 0.3) is 0 Å². The first-order chi connectivity index (χ1) is 14.5. The number of terminal acetylenes is 1. The van der Waals surface area contributed by atoms with Gasteiger partial charge in [-0.2, -0.15) is 12.7 Å². The van der Waals surface area contributed by atoms with Crippen molar-refractivity contribution in [3.63, 3.8) is 0 Å². The topological polar surface area (TPSA) is 136 Å². The highest BCUT2D eigenvalue weighted by Crippen LogP contribution is 2.35. The Bertz CT molecular complexity index is 1060. The molecule has 0 aromatic heterocycles. The number of nitro benzene ring substituents is 1. The van der Waals surface area contributed by atoms with Crippen LogP contribution in [-0.2, 0) is 29.1 Å². The maximum atomic E-state index is 13.4. The summed E-state index contributed by atoms with van der Waals surface area (Å²) in [6.45, 7) is 2.54. The van der Waals surface area contributed by atoms with Crippen molar-refractivity contribution in [2.75, 3.05) is 57.2 Å². The Kier molecular flexibility index (Phi) is 8.38. The van der Waals surface area contributed by atoms with Gasteiger partial charge in [0, 0.05) is 38.3 Å². The van der Waals surface area contributed by atoms with E-state index in [2.05, 4.69) is 5.92 Å².